The minimum atomic E-state index is 0. The number of fused-ring (bicyclic) bond motifs is 16. The van der Waals surface area contributed by atoms with E-state index in [4.69, 9.17) is 0 Å². The summed E-state index contributed by atoms with van der Waals surface area (Å²) in [6.45, 7) is 3.23. The molecule has 1 saturated heterocycles. The number of benzene rings is 5. The smallest absolute Gasteiger partial charge is 0.521 e. The van der Waals surface area contributed by atoms with Crippen molar-refractivity contribution < 1.29 is 20.1 Å². The molecule has 5 heterocycles. The molecule has 1 fully saturated rings. The zero-order valence-electron chi connectivity index (χ0n) is 23.9. The minimum Gasteiger partial charge on any atom is -0.521 e. The van der Waals surface area contributed by atoms with Gasteiger partial charge in [0.15, 0.2) is 0 Å². The Kier molecular flexibility index (Phi) is 6.46. The van der Waals surface area contributed by atoms with Gasteiger partial charge in [-0.25, -0.2) is 0 Å². The van der Waals surface area contributed by atoms with Gasteiger partial charge in [0.1, 0.15) is 0 Å². The maximum atomic E-state index is 4.57. The molecule has 5 nitrogen and oxygen atoms in total. The molecule has 3 aromatic heterocycles. The van der Waals surface area contributed by atoms with Crippen LogP contribution in [0.2, 0.25) is 0 Å². The average Bonchev–Trinajstić information content (AvgIpc) is 3.72. The Labute approximate surface area is 268 Å². The number of hydrogen-bond donors (Lipinski definition) is 0. The molecule has 0 spiro atoms. The number of pyridine rings is 2. The predicted octanol–water partition coefficient (Wildman–Crippen LogP) is 8.22. The van der Waals surface area contributed by atoms with Crippen molar-refractivity contribution >= 4 is 54.6 Å². The van der Waals surface area contributed by atoms with Crippen LogP contribution >= 0.6 is 0 Å². The van der Waals surface area contributed by atoms with Crippen LogP contribution in [0.4, 0.5) is 5.69 Å². The summed E-state index contributed by atoms with van der Waals surface area (Å²) < 4.78 is 2.11. The van der Waals surface area contributed by atoms with E-state index in [0.29, 0.717) is 6.04 Å². The zero-order chi connectivity index (χ0) is 28.5. The normalized spacial score (nSPS) is 15.6. The fourth-order valence-corrected chi connectivity index (χ4v) is 7.01. The Morgan fingerprint density at radius 2 is 1.55 bits per heavy atom. The molecular weight excluding hydrogens is 719 g/mol. The van der Waals surface area contributed by atoms with Crippen molar-refractivity contribution in [1.29, 1.82) is 0 Å². The number of likely N-dealkylation sites (N-methyl/N-ethyl adjacent to an activating group) is 1. The molecule has 0 saturated carbocycles. The van der Waals surface area contributed by atoms with Crippen LogP contribution in [0.3, 0.4) is 0 Å². The van der Waals surface area contributed by atoms with Gasteiger partial charge in [-0.2, -0.15) is 30.9 Å². The molecule has 1 atom stereocenters. The Morgan fingerprint density at radius 1 is 0.773 bits per heavy atom. The molecule has 0 radical (unpaired) electrons. The summed E-state index contributed by atoms with van der Waals surface area (Å²) in [6, 6.07) is 40.2. The first kappa shape index (κ1) is 27.0. The van der Waals surface area contributed by atoms with Gasteiger partial charge in [-0.1, -0.05) is 90.6 Å². The predicted molar refractivity (Wildman–Crippen MR) is 175 cm³/mol. The van der Waals surface area contributed by atoms with E-state index in [-0.39, 0.29) is 20.1 Å². The first-order valence-electron chi connectivity index (χ1n) is 14.6. The summed E-state index contributed by atoms with van der Waals surface area (Å²) in [5, 5.41) is 7.32. The molecule has 6 heteroatoms. The van der Waals surface area contributed by atoms with E-state index in [9.17, 15) is 0 Å². The van der Waals surface area contributed by atoms with E-state index in [0.717, 1.165) is 28.5 Å². The molecule has 1 unspecified atom stereocenters. The van der Waals surface area contributed by atoms with Crippen LogP contribution in [0.25, 0.3) is 60.0 Å². The fraction of sp³-hybridized carbons (Fsp3) is 0.0789. The quantitative estimate of drug-likeness (QED) is 0.116. The van der Waals surface area contributed by atoms with Gasteiger partial charge in [0, 0.05) is 23.1 Å². The molecule has 0 N–H and O–H groups in total. The molecule has 2 aliphatic rings. The van der Waals surface area contributed by atoms with Crippen LogP contribution in [0.5, 0.6) is 0 Å². The molecule has 8 aromatic rings. The van der Waals surface area contributed by atoms with E-state index in [1.807, 2.05) is 24.7 Å². The summed E-state index contributed by atoms with van der Waals surface area (Å²) >= 11 is 0. The molecule has 0 aliphatic carbocycles. The first-order valence-corrected chi connectivity index (χ1v) is 14.6. The Balaban J connectivity index is 0.000000135. The van der Waals surface area contributed by atoms with Gasteiger partial charge >= 0.3 is 20.1 Å². The summed E-state index contributed by atoms with van der Waals surface area (Å²) in [5.74, 6) is 0. The second-order valence-corrected chi connectivity index (χ2v) is 11.3. The molecule has 0 bridgehead atoms. The van der Waals surface area contributed by atoms with Crippen molar-refractivity contribution in [3.8, 4) is 11.1 Å². The molecule has 2 aliphatic heterocycles. The number of anilines is 1. The maximum absolute atomic E-state index is 4.57. The fourth-order valence-electron chi connectivity index (χ4n) is 7.01. The van der Waals surface area contributed by atoms with Crippen LogP contribution in [0, 0.1) is 18.9 Å². The van der Waals surface area contributed by atoms with E-state index in [1.165, 1.54) is 49.3 Å². The minimum absolute atomic E-state index is 0. The molecule has 5 aromatic carbocycles. The van der Waals surface area contributed by atoms with E-state index in [1.54, 1.807) is 0 Å². The van der Waals surface area contributed by atoms with Crippen molar-refractivity contribution in [2.45, 2.75) is 6.04 Å². The van der Waals surface area contributed by atoms with Crippen LogP contribution < -0.4 is 4.90 Å². The topological polar surface area (TPSA) is 36.7 Å². The summed E-state index contributed by atoms with van der Waals surface area (Å²) in [4.78, 5) is 13.4. The van der Waals surface area contributed by atoms with E-state index < -0.39 is 0 Å². The third-order valence-electron chi connectivity index (χ3n) is 8.87. The second kappa shape index (κ2) is 10.5. The van der Waals surface area contributed by atoms with Crippen molar-refractivity contribution in [1.82, 2.24) is 19.3 Å². The van der Waals surface area contributed by atoms with Crippen molar-refractivity contribution in [2.24, 2.45) is 0 Å². The third-order valence-corrected chi connectivity index (χ3v) is 8.87. The van der Waals surface area contributed by atoms with E-state index in [2.05, 4.69) is 141 Å². The van der Waals surface area contributed by atoms with Gasteiger partial charge in [-0.15, -0.1) is 11.3 Å². The number of para-hydroxylation sites is 1. The van der Waals surface area contributed by atoms with Crippen molar-refractivity contribution in [3.05, 3.63) is 140 Å². The largest absolute Gasteiger partial charge is 3.00 e. The molecular formula is C38H26IrN5. The SMILES string of the molecule is CN1[CH-]N2c3[c-]cccc3-c3ccccc3C2C1.[Ir+3].[c-]1ncn2c1c1ncccc1c1ccc3c4ccccc4ccc3c12. The van der Waals surface area contributed by atoms with Gasteiger partial charge < -0.3 is 24.2 Å². The number of hydrogen-bond acceptors (Lipinski definition) is 4. The number of imidazole rings is 1. The Morgan fingerprint density at radius 3 is 2.50 bits per heavy atom. The summed E-state index contributed by atoms with van der Waals surface area (Å²) in [6.07, 6.45) is 6.76. The van der Waals surface area contributed by atoms with E-state index >= 15 is 0 Å². The number of rotatable bonds is 0. The molecule has 44 heavy (non-hydrogen) atoms. The number of nitrogens with zero attached hydrogens (tertiary/aromatic N) is 5. The molecule has 212 valence electrons. The van der Waals surface area contributed by atoms with Gasteiger partial charge in [0.05, 0.1) is 0 Å². The van der Waals surface area contributed by atoms with Gasteiger partial charge in [0.2, 0.25) is 0 Å². The average molecular weight is 745 g/mol. The maximum Gasteiger partial charge on any atom is 3.00 e. The van der Waals surface area contributed by atoms with Gasteiger partial charge in [0.25, 0.3) is 0 Å². The monoisotopic (exact) mass is 745 g/mol. The van der Waals surface area contributed by atoms with Gasteiger partial charge in [-0.05, 0) is 69.5 Å². The second-order valence-electron chi connectivity index (χ2n) is 11.3. The Hall–Kier alpha value is -4.61. The van der Waals surface area contributed by atoms with Crippen LogP contribution in [-0.2, 0) is 20.1 Å². The van der Waals surface area contributed by atoms with Crippen LogP contribution in [0.1, 0.15) is 11.6 Å². The zero-order valence-corrected chi connectivity index (χ0v) is 26.3. The molecule has 10 rings (SSSR count). The first-order chi connectivity index (χ1) is 21.3. The van der Waals surface area contributed by atoms with Crippen LogP contribution in [-0.4, -0.2) is 32.9 Å². The van der Waals surface area contributed by atoms with Crippen LogP contribution in [0.15, 0.2) is 116 Å². The summed E-state index contributed by atoms with van der Waals surface area (Å²) in [5.41, 5.74) is 8.28. The Bertz CT molecular complexity index is 2310. The number of aromatic nitrogens is 3. The van der Waals surface area contributed by atoms with Crippen molar-refractivity contribution in [3.63, 3.8) is 0 Å². The molecule has 0 amide bonds. The standard InChI is InChI=1S/C22H12N3.C16H14N2.Ir/c1-2-5-15-14(4-1)7-8-18-16(15)9-10-19-17-6-3-11-24-21(17)20-12-23-13-25(20)22(18)19;1-17-10-16-14-8-3-2-6-12(14)13-7-4-5-9-15(13)18(16)11-17;/h1-11,13H;2-8,11,16H,10H2,1H3;/q-1;-2;+3. The summed E-state index contributed by atoms with van der Waals surface area (Å²) in [7, 11) is 2.13. The van der Waals surface area contributed by atoms with Gasteiger partial charge in [-0.3, -0.25) is 0 Å². The third kappa shape index (κ3) is 3.99. The van der Waals surface area contributed by atoms with Crippen molar-refractivity contribution in [2.75, 3.05) is 18.5 Å².